The Labute approximate surface area is 165 Å². The minimum Gasteiger partial charge on any atom is -0.451 e. The van der Waals surface area contributed by atoms with Crippen molar-refractivity contribution in [3.05, 3.63) is 76.4 Å². The number of nitrogens with one attached hydrogen (secondary N) is 1. The number of amides is 1. The molecule has 0 saturated heterocycles. The van der Waals surface area contributed by atoms with E-state index in [9.17, 15) is 14.9 Å². The Morgan fingerprint density at radius 3 is 2.36 bits per heavy atom. The molecular formula is C23H24N2O3. The van der Waals surface area contributed by atoms with Crippen molar-refractivity contribution < 1.29 is 14.3 Å². The average Bonchev–Trinajstić information content (AvgIpc) is 2.71. The normalized spacial score (nSPS) is 12.0. The van der Waals surface area contributed by atoms with Crippen molar-refractivity contribution in [3.63, 3.8) is 0 Å². The van der Waals surface area contributed by atoms with Crippen molar-refractivity contribution >= 4 is 18.0 Å². The van der Waals surface area contributed by atoms with Crippen LogP contribution in [0, 0.1) is 18.3 Å². The summed E-state index contributed by atoms with van der Waals surface area (Å²) < 4.78 is 4.98. The first-order valence-corrected chi connectivity index (χ1v) is 9.16. The van der Waals surface area contributed by atoms with E-state index in [1.165, 1.54) is 11.6 Å². The zero-order valence-corrected chi connectivity index (χ0v) is 16.4. The van der Waals surface area contributed by atoms with Crippen molar-refractivity contribution in [1.82, 2.24) is 5.32 Å². The number of nitriles is 1. The summed E-state index contributed by atoms with van der Waals surface area (Å²) >= 11 is 0. The minimum atomic E-state index is -0.821. The summed E-state index contributed by atoms with van der Waals surface area (Å²) in [6.45, 7) is 5.45. The minimum absolute atomic E-state index is 0.153. The Morgan fingerprint density at radius 1 is 1.14 bits per heavy atom. The first kappa shape index (κ1) is 20.9. The van der Waals surface area contributed by atoms with Crippen LogP contribution in [-0.4, -0.2) is 18.5 Å². The highest BCUT2D eigenvalue weighted by molar-refractivity contribution is 5.98. The zero-order chi connectivity index (χ0) is 20.5. The van der Waals surface area contributed by atoms with Crippen LogP contribution < -0.4 is 5.32 Å². The molecule has 0 fully saturated rings. The van der Waals surface area contributed by atoms with Crippen molar-refractivity contribution in [2.75, 3.05) is 6.61 Å². The second kappa shape index (κ2) is 10.1. The first-order chi connectivity index (χ1) is 13.4. The van der Waals surface area contributed by atoms with Crippen molar-refractivity contribution in [2.24, 2.45) is 0 Å². The highest BCUT2D eigenvalue weighted by Crippen LogP contribution is 2.14. The SMILES string of the molecule is CCc1ccc([C@H](C)NC(=O)COC(=O)/C(C#N)=C/c2ccc(C)cc2)cc1. The molecule has 1 atom stereocenters. The maximum Gasteiger partial charge on any atom is 0.349 e. The molecule has 144 valence electrons. The average molecular weight is 376 g/mol. The molecule has 1 amide bonds. The quantitative estimate of drug-likeness (QED) is 0.452. The molecule has 0 aliphatic carbocycles. The van der Waals surface area contributed by atoms with Crippen LogP contribution in [0.2, 0.25) is 0 Å². The molecule has 2 rings (SSSR count). The predicted molar refractivity (Wildman–Crippen MR) is 108 cm³/mol. The van der Waals surface area contributed by atoms with E-state index < -0.39 is 18.5 Å². The fourth-order valence-electron chi connectivity index (χ4n) is 2.58. The summed E-state index contributed by atoms with van der Waals surface area (Å²) in [6, 6.07) is 17.0. The highest BCUT2D eigenvalue weighted by atomic mass is 16.5. The van der Waals surface area contributed by atoms with Gasteiger partial charge in [-0.2, -0.15) is 5.26 Å². The molecule has 2 aromatic rings. The Hall–Kier alpha value is -3.39. The van der Waals surface area contributed by atoms with Crippen LogP contribution in [0.15, 0.2) is 54.1 Å². The second-order valence-electron chi connectivity index (χ2n) is 6.54. The number of esters is 1. The van der Waals surface area contributed by atoms with Gasteiger partial charge in [-0.05, 0) is 43.0 Å². The van der Waals surface area contributed by atoms with Gasteiger partial charge in [0.1, 0.15) is 11.6 Å². The molecule has 0 saturated carbocycles. The Kier molecular flexibility index (Phi) is 7.53. The van der Waals surface area contributed by atoms with E-state index in [1.54, 1.807) is 12.1 Å². The van der Waals surface area contributed by atoms with Gasteiger partial charge in [0.25, 0.3) is 5.91 Å². The molecule has 0 radical (unpaired) electrons. The van der Waals surface area contributed by atoms with E-state index in [2.05, 4.69) is 12.2 Å². The number of carbonyl (C=O) groups is 2. The molecule has 0 bridgehead atoms. The first-order valence-electron chi connectivity index (χ1n) is 9.16. The number of hydrogen-bond donors (Lipinski definition) is 1. The fourth-order valence-corrected chi connectivity index (χ4v) is 2.58. The van der Waals surface area contributed by atoms with Gasteiger partial charge in [0.05, 0.1) is 6.04 Å². The van der Waals surface area contributed by atoms with Crippen LogP contribution in [0.1, 0.15) is 42.1 Å². The highest BCUT2D eigenvalue weighted by Gasteiger charge is 2.15. The van der Waals surface area contributed by atoms with Crippen molar-refractivity contribution in [1.29, 1.82) is 5.26 Å². The van der Waals surface area contributed by atoms with E-state index in [0.717, 1.165) is 17.5 Å². The Morgan fingerprint density at radius 2 is 1.79 bits per heavy atom. The van der Waals surface area contributed by atoms with Gasteiger partial charge >= 0.3 is 5.97 Å². The third-order valence-corrected chi connectivity index (χ3v) is 4.33. The van der Waals surface area contributed by atoms with Crippen LogP contribution in [0.4, 0.5) is 0 Å². The van der Waals surface area contributed by atoms with E-state index in [-0.39, 0.29) is 11.6 Å². The third kappa shape index (κ3) is 6.10. The van der Waals surface area contributed by atoms with Gasteiger partial charge in [-0.15, -0.1) is 0 Å². The molecule has 0 spiro atoms. The number of ether oxygens (including phenoxy) is 1. The molecule has 5 nitrogen and oxygen atoms in total. The molecule has 0 heterocycles. The van der Waals surface area contributed by atoms with E-state index in [0.29, 0.717) is 5.56 Å². The Balaban J connectivity index is 1.90. The van der Waals surface area contributed by atoms with Gasteiger partial charge in [-0.3, -0.25) is 4.79 Å². The van der Waals surface area contributed by atoms with Crippen LogP contribution in [-0.2, 0) is 20.7 Å². The summed E-state index contributed by atoms with van der Waals surface area (Å²) in [5.74, 6) is -1.24. The maximum atomic E-state index is 12.1. The predicted octanol–water partition coefficient (Wildman–Crippen LogP) is 3.89. The lowest BCUT2D eigenvalue weighted by Gasteiger charge is -2.14. The van der Waals surface area contributed by atoms with E-state index in [4.69, 9.17) is 4.74 Å². The van der Waals surface area contributed by atoms with Crippen LogP contribution in [0.3, 0.4) is 0 Å². The summed E-state index contributed by atoms with van der Waals surface area (Å²) in [5, 5.41) is 12.0. The number of nitrogens with zero attached hydrogens (tertiary/aromatic N) is 1. The topological polar surface area (TPSA) is 79.2 Å². The van der Waals surface area contributed by atoms with E-state index in [1.807, 2.05) is 56.3 Å². The van der Waals surface area contributed by atoms with Gasteiger partial charge in [-0.1, -0.05) is 61.0 Å². The van der Waals surface area contributed by atoms with Crippen LogP contribution in [0.25, 0.3) is 6.08 Å². The van der Waals surface area contributed by atoms with Gasteiger partial charge < -0.3 is 10.1 Å². The molecule has 0 aliphatic heterocycles. The molecule has 0 unspecified atom stereocenters. The molecule has 0 aromatic heterocycles. The largest absolute Gasteiger partial charge is 0.451 e. The molecule has 2 aromatic carbocycles. The molecular weight excluding hydrogens is 352 g/mol. The molecule has 5 heteroatoms. The lowest BCUT2D eigenvalue weighted by atomic mass is 10.1. The van der Waals surface area contributed by atoms with Gasteiger partial charge in [-0.25, -0.2) is 4.79 Å². The zero-order valence-electron chi connectivity index (χ0n) is 16.4. The van der Waals surface area contributed by atoms with E-state index >= 15 is 0 Å². The number of rotatable bonds is 7. The number of carbonyl (C=O) groups excluding carboxylic acids is 2. The third-order valence-electron chi connectivity index (χ3n) is 4.33. The van der Waals surface area contributed by atoms with Gasteiger partial charge in [0.15, 0.2) is 6.61 Å². The maximum absolute atomic E-state index is 12.1. The number of aryl methyl sites for hydroxylation is 2. The summed E-state index contributed by atoms with van der Waals surface area (Å²) in [7, 11) is 0. The molecule has 0 aliphatic rings. The summed E-state index contributed by atoms with van der Waals surface area (Å²) in [6.07, 6.45) is 2.39. The fraction of sp³-hybridized carbons (Fsp3) is 0.261. The second-order valence-corrected chi connectivity index (χ2v) is 6.54. The summed E-state index contributed by atoms with van der Waals surface area (Å²) in [4.78, 5) is 24.2. The Bertz CT molecular complexity index is 891. The number of hydrogen-bond acceptors (Lipinski definition) is 4. The lowest BCUT2D eigenvalue weighted by molar-refractivity contribution is -0.144. The van der Waals surface area contributed by atoms with Gasteiger partial charge in [0, 0.05) is 0 Å². The van der Waals surface area contributed by atoms with Crippen LogP contribution in [0.5, 0.6) is 0 Å². The molecule has 1 N–H and O–H groups in total. The molecule has 28 heavy (non-hydrogen) atoms. The van der Waals surface area contributed by atoms with Gasteiger partial charge in [0.2, 0.25) is 0 Å². The summed E-state index contributed by atoms with van der Waals surface area (Å²) in [5.41, 5.74) is 3.83. The van der Waals surface area contributed by atoms with Crippen molar-refractivity contribution in [3.8, 4) is 6.07 Å². The monoisotopic (exact) mass is 376 g/mol. The standard InChI is InChI=1S/C23H24N2O3/c1-4-18-9-11-20(12-10-18)17(3)25-22(26)15-28-23(27)21(14-24)13-19-7-5-16(2)6-8-19/h5-13,17H,4,15H2,1-3H3,(H,25,26)/b21-13+/t17-/m0/s1. The smallest absolute Gasteiger partial charge is 0.349 e. The van der Waals surface area contributed by atoms with Crippen molar-refractivity contribution in [2.45, 2.75) is 33.2 Å². The lowest BCUT2D eigenvalue weighted by Crippen LogP contribution is -2.31. The van der Waals surface area contributed by atoms with Crippen LogP contribution >= 0.6 is 0 Å². The number of benzene rings is 2.